The van der Waals surface area contributed by atoms with Gasteiger partial charge in [0.1, 0.15) is 12.4 Å². The minimum atomic E-state index is -4.36. The molecule has 0 aliphatic heterocycles. The molecule has 0 aromatic heterocycles. The molecule has 0 atom stereocenters. The number of carbonyl (C=O) groups excluding carboxylic acids is 1. The van der Waals surface area contributed by atoms with Gasteiger partial charge in [-0.25, -0.2) is 0 Å². The van der Waals surface area contributed by atoms with Gasteiger partial charge in [0.15, 0.2) is 6.61 Å². The first-order chi connectivity index (χ1) is 10.9. The summed E-state index contributed by atoms with van der Waals surface area (Å²) in [6, 6.07) is 13.2. The number of benzene rings is 2. The maximum atomic E-state index is 11.8. The minimum Gasteiger partial charge on any atom is -0.484 e. The van der Waals surface area contributed by atoms with E-state index < -0.39 is 18.7 Å². The summed E-state index contributed by atoms with van der Waals surface area (Å²) in [5.41, 5.74) is 0. The zero-order chi connectivity index (χ0) is 16.7. The van der Waals surface area contributed by atoms with Crippen molar-refractivity contribution >= 4 is 16.7 Å². The Hall–Kier alpha value is -2.28. The van der Waals surface area contributed by atoms with E-state index in [0.717, 1.165) is 10.8 Å². The molecule has 0 aliphatic rings. The second kappa shape index (κ2) is 7.82. The van der Waals surface area contributed by atoms with Crippen LogP contribution in [0.4, 0.5) is 13.2 Å². The first kappa shape index (κ1) is 17.1. The van der Waals surface area contributed by atoms with Gasteiger partial charge in [-0.2, -0.15) is 13.2 Å². The van der Waals surface area contributed by atoms with Crippen LogP contribution in [0.25, 0.3) is 10.8 Å². The number of halogens is 3. The average molecular weight is 327 g/mol. The summed E-state index contributed by atoms with van der Waals surface area (Å²) < 4.78 is 45.2. The first-order valence-corrected chi connectivity index (χ1v) is 6.97. The van der Waals surface area contributed by atoms with Crippen molar-refractivity contribution in [2.45, 2.75) is 6.18 Å². The van der Waals surface area contributed by atoms with E-state index >= 15 is 0 Å². The van der Waals surface area contributed by atoms with Crippen molar-refractivity contribution in [2.24, 2.45) is 0 Å². The third kappa shape index (κ3) is 6.15. The van der Waals surface area contributed by atoms with Gasteiger partial charge in [0.25, 0.3) is 5.91 Å². The Morgan fingerprint density at radius 3 is 2.57 bits per heavy atom. The highest BCUT2D eigenvalue weighted by molar-refractivity contribution is 5.84. The van der Waals surface area contributed by atoms with Crippen molar-refractivity contribution in [3.63, 3.8) is 0 Å². The van der Waals surface area contributed by atoms with Gasteiger partial charge in [0, 0.05) is 6.54 Å². The summed E-state index contributed by atoms with van der Waals surface area (Å²) in [7, 11) is 0. The molecule has 2 aromatic rings. The fraction of sp³-hybridized carbons (Fsp3) is 0.312. The van der Waals surface area contributed by atoms with Gasteiger partial charge in [-0.15, -0.1) is 0 Å². The number of hydrogen-bond acceptors (Lipinski definition) is 3. The topological polar surface area (TPSA) is 47.6 Å². The van der Waals surface area contributed by atoms with Crippen LogP contribution in [0.2, 0.25) is 0 Å². The van der Waals surface area contributed by atoms with E-state index in [0.29, 0.717) is 5.75 Å². The van der Waals surface area contributed by atoms with Crippen molar-refractivity contribution in [1.29, 1.82) is 0 Å². The zero-order valence-corrected chi connectivity index (χ0v) is 12.2. The smallest absolute Gasteiger partial charge is 0.411 e. The standard InChI is InChI=1S/C16H16F3NO3/c17-16(18,19)11-22-8-7-20-15(21)10-23-14-6-5-12-3-1-2-4-13(12)9-14/h1-6,9H,7-8,10-11H2,(H,20,21). The molecule has 0 bridgehead atoms. The molecule has 4 nitrogen and oxygen atoms in total. The molecule has 2 rings (SSSR count). The predicted molar refractivity (Wildman–Crippen MR) is 79.3 cm³/mol. The maximum absolute atomic E-state index is 11.8. The van der Waals surface area contributed by atoms with Crippen molar-refractivity contribution in [2.75, 3.05) is 26.4 Å². The Kier molecular flexibility index (Phi) is 5.81. The van der Waals surface area contributed by atoms with Gasteiger partial charge in [0.05, 0.1) is 6.61 Å². The van der Waals surface area contributed by atoms with Crippen LogP contribution in [0, 0.1) is 0 Å². The summed E-state index contributed by atoms with van der Waals surface area (Å²) in [6.07, 6.45) is -4.36. The van der Waals surface area contributed by atoms with Crippen LogP contribution in [0.1, 0.15) is 0 Å². The molecule has 1 amide bonds. The van der Waals surface area contributed by atoms with Crippen molar-refractivity contribution in [3.05, 3.63) is 42.5 Å². The van der Waals surface area contributed by atoms with E-state index in [1.807, 2.05) is 36.4 Å². The molecule has 0 unspecified atom stereocenters. The van der Waals surface area contributed by atoms with E-state index in [4.69, 9.17) is 4.74 Å². The summed E-state index contributed by atoms with van der Waals surface area (Å²) in [5.74, 6) is 0.126. The Morgan fingerprint density at radius 1 is 1.09 bits per heavy atom. The molecule has 7 heteroatoms. The second-order valence-electron chi connectivity index (χ2n) is 4.82. The summed E-state index contributed by atoms with van der Waals surface area (Å²) >= 11 is 0. The van der Waals surface area contributed by atoms with Gasteiger partial charge in [-0.05, 0) is 22.9 Å². The van der Waals surface area contributed by atoms with Gasteiger partial charge in [-0.1, -0.05) is 30.3 Å². The summed E-state index contributed by atoms with van der Waals surface area (Å²) in [5, 5.41) is 4.47. The van der Waals surface area contributed by atoms with E-state index in [1.54, 1.807) is 6.07 Å². The van der Waals surface area contributed by atoms with Crippen LogP contribution < -0.4 is 10.1 Å². The molecule has 0 spiro atoms. The maximum Gasteiger partial charge on any atom is 0.411 e. The highest BCUT2D eigenvalue weighted by Crippen LogP contribution is 2.20. The van der Waals surface area contributed by atoms with Gasteiger partial charge >= 0.3 is 6.18 Å². The molecule has 0 saturated heterocycles. The lowest BCUT2D eigenvalue weighted by atomic mass is 10.1. The average Bonchev–Trinajstić information content (AvgIpc) is 2.51. The molecule has 0 aliphatic carbocycles. The third-order valence-corrected chi connectivity index (χ3v) is 2.93. The van der Waals surface area contributed by atoms with E-state index in [1.165, 1.54) is 0 Å². The van der Waals surface area contributed by atoms with Crippen molar-refractivity contribution in [3.8, 4) is 5.75 Å². The van der Waals surface area contributed by atoms with Gasteiger partial charge in [0.2, 0.25) is 0 Å². The van der Waals surface area contributed by atoms with Crippen LogP contribution in [0.3, 0.4) is 0 Å². The summed E-state index contributed by atoms with van der Waals surface area (Å²) in [4.78, 5) is 11.5. The van der Waals surface area contributed by atoms with Crippen LogP contribution in [-0.4, -0.2) is 38.4 Å². The quantitative estimate of drug-likeness (QED) is 0.796. The SMILES string of the molecule is O=C(COc1ccc2ccccc2c1)NCCOCC(F)(F)F. The summed E-state index contributed by atoms with van der Waals surface area (Å²) in [6.45, 7) is -1.74. The van der Waals surface area contributed by atoms with Gasteiger partial charge in [-0.3, -0.25) is 4.79 Å². The van der Waals surface area contributed by atoms with Crippen molar-refractivity contribution in [1.82, 2.24) is 5.32 Å². The molecule has 0 heterocycles. The fourth-order valence-corrected chi connectivity index (χ4v) is 1.91. The van der Waals surface area contributed by atoms with E-state index in [-0.39, 0.29) is 19.8 Å². The molecule has 2 aromatic carbocycles. The normalized spacial score (nSPS) is 11.4. The Morgan fingerprint density at radius 2 is 1.83 bits per heavy atom. The van der Waals surface area contributed by atoms with E-state index in [2.05, 4.69) is 10.1 Å². The molecular weight excluding hydrogens is 311 g/mol. The van der Waals surface area contributed by atoms with Gasteiger partial charge < -0.3 is 14.8 Å². The number of fused-ring (bicyclic) bond motifs is 1. The molecule has 0 fully saturated rings. The highest BCUT2D eigenvalue weighted by atomic mass is 19.4. The largest absolute Gasteiger partial charge is 0.484 e. The Bertz CT molecular complexity index is 658. The minimum absolute atomic E-state index is 0.00397. The van der Waals surface area contributed by atoms with Crippen LogP contribution in [-0.2, 0) is 9.53 Å². The van der Waals surface area contributed by atoms with Crippen LogP contribution in [0.15, 0.2) is 42.5 Å². The molecule has 0 radical (unpaired) electrons. The molecule has 1 N–H and O–H groups in total. The highest BCUT2D eigenvalue weighted by Gasteiger charge is 2.27. The molecule has 0 saturated carbocycles. The zero-order valence-electron chi connectivity index (χ0n) is 12.2. The first-order valence-electron chi connectivity index (χ1n) is 6.97. The number of rotatable bonds is 7. The lowest BCUT2D eigenvalue weighted by Gasteiger charge is -2.09. The monoisotopic (exact) mass is 327 g/mol. The number of alkyl halides is 3. The Labute approximate surface area is 131 Å². The van der Waals surface area contributed by atoms with Crippen molar-refractivity contribution < 1.29 is 27.4 Å². The predicted octanol–water partition coefficient (Wildman–Crippen LogP) is 2.91. The number of carbonyl (C=O) groups is 1. The second-order valence-corrected chi connectivity index (χ2v) is 4.82. The molecule has 124 valence electrons. The molecule has 23 heavy (non-hydrogen) atoms. The number of ether oxygens (including phenoxy) is 2. The van der Waals surface area contributed by atoms with Crippen LogP contribution >= 0.6 is 0 Å². The lowest BCUT2D eigenvalue weighted by molar-refractivity contribution is -0.173. The third-order valence-electron chi connectivity index (χ3n) is 2.93. The Balaban J connectivity index is 1.69. The fourth-order valence-electron chi connectivity index (χ4n) is 1.91. The number of amides is 1. The lowest BCUT2D eigenvalue weighted by Crippen LogP contribution is -2.32. The molecular formula is C16H16F3NO3. The van der Waals surface area contributed by atoms with E-state index in [9.17, 15) is 18.0 Å². The number of nitrogens with one attached hydrogen (secondary N) is 1. The number of hydrogen-bond donors (Lipinski definition) is 1. The van der Waals surface area contributed by atoms with Crippen LogP contribution in [0.5, 0.6) is 5.75 Å².